The number of esters is 1. The van der Waals surface area contributed by atoms with Gasteiger partial charge in [-0.1, -0.05) is 6.07 Å². The molecule has 134 valence electrons. The van der Waals surface area contributed by atoms with Crippen molar-refractivity contribution in [2.75, 3.05) is 20.3 Å². The highest BCUT2D eigenvalue weighted by Crippen LogP contribution is 2.34. The number of fused-ring (bicyclic) bond motifs is 1. The summed E-state index contributed by atoms with van der Waals surface area (Å²) in [6.45, 7) is 1.21. The van der Waals surface area contributed by atoms with Crippen molar-refractivity contribution in [1.82, 2.24) is 4.98 Å². The third-order valence-corrected chi connectivity index (χ3v) is 5.18. The molecule has 1 saturated heterocycles. The van der Waals surface area contributed by atoms with Crippen LogP contribution in [0.2, 0.25) is 0 Å². The molecule has 0 amide bonds. The second-order valence-corrected chi connectivity index (χ2v) is 6.89. The van der Waals surface area contributed by atoms with Gasteiger partial charge in [0.05, 0.1) is 36.1 Å². The summed E-state index contributed by atoms with van der Waals surface area (Å²) in [4.78, 5) is 16.1. The fourth-order valence-electron chi connectivity index (χ4n) is 2.82. The van der Waals surface area contributed by atoms with E-state index in [0.717, 1.165) is 11.1 Å². The molecule has 7 heteroatoms. The summed E-state index contributed by atoms with van der Waals surface area (Å²) >= 11 is 1.33. The van der Waals surface area contributed by atoms with E-state index >= 15 is 0 Å². The van der Waals surface area contributed by atoms with Crippen LogP contribution < -0.4 is 0 Å². The molecule has 3 aromatic rings. The number of nitrogens with zero attached hydrogens (tertiary/aromatic N) is 1. The number of hydrogen-bond acceptors (Lipinski definition) is 6. The lowest BCUT2D eigenvalue weighted by Gasteiger charge is -2.23. The molecule has 0 radical (unpaired) electrons. The maximum absolute atomic E-state index is 14.7. The first-order valence-corrected chi connectivity index (χ1v) is 8.99. The van der Waals surface area contributed by atoms with E-state index < -0.39 is 12.3 Å². The average molecular weight is 373 g/mol. The highest BCUT2D eigenvalue weighted by Gasteiger charge is 2.19. The molecule has 5 nitrogen and oxygen atoms in total. The van der Waals surface area contributed by atoms with Crippen LogP contribution in [-0.2, 0) is 14.2 Å². The Labute approximate surface area is 153 Å². The Morgan fingerprint density at radius 2 is 2.04 bits per heavy atom. The van der Waals surface area contributed by atoms with E-state index in [4.69, 9.17) is 14.2 Å². The van der Waals surface area contributed by atoms with Crippen molar-refractivity contribution < 1.29 is 23.4 Å². The fraction of sp³-hybridized carbons (Fsp3) is 0.263. The van der Waals surface area contributed by atoms with E-state index in [1.54, 1.807) is 30.3 Å². The largest absolute Gasteiger partial charge is 0.465 e. The number of ether oxygens (including phenoxy) is 3. The lowest BCUT2D eigenvalue weighted by atomic mass is 10.1. The third-order valence-electron chi connectivity index (χ3n) is 4.13. The van der Waals surface area contributed by atoms with Crippen LogP contribution in [0.15, 0.2) is 36.4 Å². The smallest absolute Gasteiger partial charge is 0.337 e. The second-order valence-electron chi connectivity index (χ2n) is 5.86. The Hall–Kier alpha value is -2.35. The molecule has 0 atom stereocenters. The minimum Gasteiger partial charge on any atom is -0.465 e. The summed E-state index contributed by atoms with van der Waals surface area (Å²) in [6.07, 6.45) is 0.321. The van der Waals surface area contributed by atoms with Gasteiger partial charge in [0.15, 0.2) is 6.29 Å². The van der Waals surface area contributed by atoms with E-state index in [1.165, 1.54) is 24.5 Å². The van der Waals surface area contributed by atoms with Crippen molar-refractivity contribution >= 4 is 27.5 Å². The van der Waals surface area contributed by atoms with Crippen molar-refractivity contribution in [2.45, 2.75) is 12.7 Å². The zero-order chi connectivity index (χ0) is 18.1. The van der Waals surface area contributed by atoms with Crippen LogP contribution in [0.25, 0.3) is 20.8 Å². The number of carbonyl (C=O) groups is 1. The monoisotopic (exact) mass is 373 g/mol. The fourth-order valence-corrected chi connectivity index (χ4v) is 3.85. The lowest BCUT2D eigenvalue weighted by Crippen LogP contribution is -2.17. The summed E-state index contributed by atoms with van der Waals surface area (Å²) in [5.74, 6) is -0.794. The molecule has 1 fully saturated rings. The van der Waals surface area contributed by atoms with Gasteiger partial charge in [-0.2, -0.15) is 0 Å². The van der Waals surface area contributed by atoms with Gasteiger partial charge in [0.2, 0.25) is 0 Å². The SMILES string of the molecule is COC(=O)c1ccc2nc(-c3ccc(C4OCCCO4)cc3F)sc2c1. The maximum atomic E-state index is 14.7. The molecular formula is C19H16FNO4S. The number of carbonyl (C=O) groups excluding carboxylic acids is 1. The van der Waals surface area contributed by atoms with E-state index in [2.05, 4.69) is 4.98 Å². The zero-order valence-electron chi connectivity index (χ0n) is 14.0. The first-order valence-electron chi connectivity index (χ1n) is 8.17. The summed E-state index contributed by atoms with van der Waals surface area (Å²) in [6, 6.07) is 9.99. The topological polar surface area (TPSA) is 57.7 Å². The predicted octanol–water partition coefficient (Wildman–Crippen LogP) is 4.32. The van der Waals surface area contributed by atoms with Gasteiger partial charge >= 0.3 is 5.97 Å². The Morgan fingerprint density at radius 3 is 2.77 bits per heavy atom. The first-order chi connectivity index (χ1) is 12.7. The van der Waals surface area contributed by atoms with Gasteiger partial charge in [0.25, 0.3) is 0 Å². The Morgan fingerprint density at radius 1 is 1.23 bits per heavy atom. The minimum absolute atomic E-state index is 0.382. The number of halogens is 1. The Bertz CT molecular complexity index is 965. The number of aromatic nitrogens is 1. The number of hydrogen-bond donors (Lipinski definition) is 0. The van der Waals surface area contributed by atoms with Crippen molar-refractivity contribution in [3.8, 4) is 10.6 Å². The Balaban J connectivity index is 1.67. The molecule has 0 spiro atoms. The van der Waals surface area contributed by atoms with Crippen molar-refractivity contribution in [1.29, 1.82) is 0 Å². The summed E-state index contributed by atoms with van der Waals surface area (Å²) in [5, 5.41) is 0.552. The predicted molar refractivity (Wildman–Crippen MR) is 95.6 cm³/mol. The first kappa shape index (κ1) is 17.1. The van der Waals surface area contributed by atoms with Crippen LogP contribution >= 0.6 is 11.3 Å². The van der Waals surface area contributed by atoms with Crippen molar-refractivity contribution in [2.24, 2.45) is 0 Å². The summed E-state index contributed by atoms with van der Waals surface area (Å²) in [5.41, 5.74) is 2.21. The lowest BCUT2D eigenvalue weighted by molar-refractivity contribution is -0.183. The van der Waals surface area contributed by atoms with E-state index in [-0.39, 0.29) is 5.82 Å². The molecule has 0 saturated carbocycles. The Kier molecular flexibility index (Phi) is 4.67. The molecule has 0 unspecified atom stereocenters. The average Bonchev–Trinajstić information content (AvgIpc) is 3.10. The molecule has 0 aliphatic carbocycles. The number of methoxy groups -OCH3 is 1. The van der Waals surface area contributed by atoms with Crippen LogP contribution in [0.1, 0.15) is 28.6 Å². The van der Waals surface area contributed by atoms with Crippen LogP contribution in [0.4, 0.5) is 4.39 Å². The molecule has 1 aliphatic rings. The van der Waals surface area contributed by atoms with Crippen LogP contribution in [0.3, 0.4) is 0 Å². The van der Waals surface area contributed by atoms with Gasteiger partial charge in [0.1, 0.15) is 10.8 Å². The normalized spacial score (nSPS) is 15.3. The summed E-state index contributed by atoms with van der Waals surface area (Å²) < 4.78 is 31.2. The molecule has 2 heterocycles. The van der Waals surface area contributed by atoms with Gasteiger partial charge in [-0.15, -0.1) is 11.3 Å². The van der Waals surface area contributed by atoms with Crippen LogP contribution in [-0.4, -0.2) is 31.3 Å². The summed E-state index contributed by atoms with van der Waals surface area (Å²) in [7, 11) is 1.33. The molecule has 1 aromatic heterocycles. The number of rotatable bonds is 3. The highest BCUT2D eigenvalue weighted by atomic mass is 32.1. The van der Waals surface area contributed by atoms with Gasteiger partial charge < -0.3 is 14.2 Å². The minimum atomic E-state index is -0.523. The van der Waals surface area contributed by atoms with E-state index in [0.29, 0.717) is 40.4 Å². The second kappa shape index (κ2) is 7.11. The third kappa shape index (κ3) is 3.21. The molecule has 1 aliphatic heterocycles. The van der Waals surface area contributed by atoms with Gasteiger partial charge in [-0.05, 0) is 36.8 Å². The molecular weight excluding hydrogens is 357 g/mol. The van der Waals surface area contributed by atoms with E-state index in [1.807, 2.05) is 0 Å². The maximum Gasteiger partial charge on any atom is 0.337 e. The van der Waals surface area contributed by atoms with E-state index in [9.17, 15) is 9.18 Å². The van der Waals surface area contributed by atoms with Gasteiger partial charge in [-0.25, -0.2) is 14.2 Å². The van der Waals surface area contributed by atoms with Crippen LogP contribution in [0.5, 0.6) is 0 Å². The number of benzene rings is 2. The molecule has 0 N–H and O–H groups in total. The van der Waals surface area contributed by atoms with Crippen molar-refractivity contribution in [3.05, 3.63) is 53.3 Å². The van der Waals surface area contributed by atoms with Gasteiger partial charge in [-0.3, -0.25) is 0 Å². The quantitative estimate of drug-likeness (QED) is 0.640. The molecule has 0 bridgehead atoms. The highest BCUT2D eigenvalue weighted by molar-refractivity contribution is 7.21. The zero-order valence-corrected chi connectivity index (χ0v) is 14.8. The molecule has 26 heavy (non-hydrogen) atoms. The molecule has 2 aromatic carbocycles. The number of thiazole rings is 1. The van der Waals surface area contributed by atoms with Crippen molar-refractivity contribution in [3.63, 3.8) is 0 Å². The standard InChI is InChI=1S/C19H16FNO4S/c1-23-18(22)11-4-6-15-16(10-11)26-17(21-15)13-5-3-12(9-14(13)20)19-24-7-2-8-25-19/h3-6,9-10,19H,2,7-8H2,1H3. The molecule has 4 rings (SSSR count). The van der Waals surface area contributed by atoms with Gasteiger partial charge in [0, 0.05) is 11.1 Å². The van der Waals surface area contributed by atoms with Crippen LogP contribution in [0, 0.1) is 5.82 Å².